The van der Waals surface area contributed by atoms with Crippen molar-refractivity contribution in [2.45, 2.75) is 13.3 Å². The lowest BCUT2D eigenvalue weighted by atomic mass is 10.2. The van der Waals surface area contributed by atoms with E-state index < -0.39 is 0 Å². The number of nitriles is 1. The number of pyridine rings is 1. The van der Waals surface area contributed by atoms with Crippen LogP contribution in [0.2, 0.25) is 5.02 Å². The van der Waals surface area contributed by atoms with Gasteiger partial charge in [0.2, 0.25) is 0 Å². The van der Waals surface area contributed by atoms with Crippen molar-refractivity contribution in [2.75, 3.05) is 18.8 Å². The molecule has 0 saturated heterocycles. The van der Waals surface area contributed by atoms with Crippen molar-refractivity contribution in [3.8, 4) is 6.07 Å². The molecule has 0 saturated carbocycles. The molecule has 5 nitrogen and oxygen atoms in total. The Morgan fingerprint density at radius 2 is 2.41 bits per heavy atom. The fourth-order valence-corrected chi connectivity index (χ4v) is 1.50. The predicted octanol–water partition coefficient (Wildman–Crippen LogP) is 1.69. The molecule has 17 heavy (non-hydrogen) atoms. The van der Waals surface area contributed by atoms with Crippen molar-refractivity contribution in [2.24, 2.45) is 0 Å². The predicted molar refractivity (Wildman–Crippen MR) is 65.5 cm³/mol. The molecule has 0 radical (unpaired) electrons. The van der Waals surface area contributed by atoms with Crippen LogP contribution in [0.4, 0.5) is 5.82 Å². The molecule has 0 atom stereocenters. The molecule has 0 spiro atoms. The Kier molecular flexibility index (Phi) is 4.73. The number of nitrogens with zero attached hydrogens (tertiary/aromatic N) is 3. The van der Waals surface area contributed by atoms with Crippen LogP contribution in [0.3, 0.4) is 0 Å². The summed E-state index contributed by atoms with van der Waals surface area (Å²) in [7, 11) is 0. The topological polar surface area (TPSA) is 83.0 Å². The molecule has 2 N–H and O–H groups in total. The molecule has 0 aliphatic carbocycles. The highest BCUT2D eigenvalue weighted by Gasteiger charge is 2.15. The lowest BCUT2D eigenvalue weighted by Crippen LogP contribution is -2.31. The molecule has 0 unspecified atom stereocenters. The van der Waals surface area contributed by atoms with Crippen LogP contribution < -0.4 is 5.73 Å². The summed E-state index contributed by atoms with van der Waals surface area (Å²) in [4.78, 5) is 17.4. The second kappa shape index (κ2) is 6.06. The van der Waals surface area contributed by atoms with Gasteiger partial charge in [-0.15, -0.1) is 0 Å². The number of hydrogen-bond donors (Lipinski definition) is 1. The Labute approximate surface area is 105 Å². The van der Waals surface area contributed by atoms with Gasteiger partial charge in [-0.05, 0) is 13.0 Å². The first-order valence-electron chi connectivity index (χ1n) is 5.17. The Morgan fingerprint density at radius 1 is 1.71 bits per heavy atom. The van der Waals surface area contributed by atoms with E-state index in [0.29, 0.717) is 25.1 Å². The van der Waals surface area contributed by atoms with Gasteiger partial charge in [-0.2, -0.15) is 5.26 Å². The molecule has 1 amide bonds. The van der Waals surface area contributed by atoms with Crippen molar-refractivity contribution in [3.05, 3.63) is 22.8 Å². The van der Waals surface area contributed by atoms with Crippen LogP contribution in [0, 0.1) is 11.3 Å². The molecule has 90 valence electrons. The van der Waals surface area contributed by atoms with Gasteiger partial charge >= 0.3 is 0 Å². The maximum Gasteiger partial charge on any atom is 0.255 e. The summed E-state index contributed by atoms with van der Waals surface area (Å²) < 4.78 is 0. The molecular formula is C11H13ClN4O. The zero-order valence-corrected chi connectivity index (χ0v) is 10.2. The first kappa shape index (κ1) is 13.3. The van der Waals surface area contributed by atoms with Crippen LogP contribution in [-0.2, 0) is 0 Å². The Bertz CT molecular complexity index is 455. The fourth-order valence-electron chi connectivity index (χ4n) is 1.34. The van der Waals surface area contributed by atoms with E-state index in [9.17, 15) is 4.79 Å². The normalized spacial score (nSPS) is 9.71. The zero-order chi connectivity index (χ0) is 12.8. The Morgan fingerprint density at radius 3 is 2.94 bits per heavy atom. The molecule has 6 heteroatoms. The van der Waals surface area contributed by atoms with Crippen LogP contribution in [0.5, 0.6) is 0 Å². The summed E-state index contributed by atoms with van der Waals surface area (Å²) in [6, 6.07) is 3.49. The van der Waals surface area contributed by atoms with Crippen LogP contribution in [0.15, 0.2) is 12.3 Å². The number of rotatable bonds is 4. The molecule has 1 aromatic rings. The molecule has 1 aromatic heterocycles. The van der Waals surface area contributed by atoms with E-state index in [2.05, 4.69) is 4.98 Å². The molecule has 1 heterocycles. The fraction of sp³-hybridized carbons (Fsp3) is 0.364. The van der Waals surface area contributed by atoms with Gasteiger partial charge in [-0.25, -0.2) is 4.98 Å². The lowest BCUT2D eigenvalue weighted by molar-refractivity contribution is 0.0767. The first-order chi connectivity index (χ1) is 8.10. The summed E-state index contributed by atoms with van der Waals surface area (Å²) in [5, 5.41) is 8.76. The standard InChI is InChI=1S/C11H13ClN4O/c1-2-16(5-3-4-13)11(17)8-6-9(12)10(14)15-7-8/h6-7H,2-3,5H2,1H3,(H2,14,15). The molecular weight excluding hydrogens is 240 g/mol. The number of nitrogen functional groups attached to an aromatic ring is 1. The van der Waals surface area contributed by atoms with Crippen molar-refractivity contribution in [3.63, 3.8) is 0 Å². The van der Waals surface area contributed by atoms with Gasteiger partial charge in [0.05, 0.1) is 23.1 Å². The van der Waals surface area contributed by atoms with Crippen molar-refractivity contribution in [1.29, 1.82) is 5.26 Å². The quantitative estimate of drug-likeness (QED) is 0.884. The average Bonchev–Trinajstić information content (AvgIpc) is 2.33. The molecule has 0 aliphatic heterocycles. The van der Waals surface area contributed by atoms with Gasteiger partial charge in [0, 0.05) is 19.3 Å². The number of hydrogen-bond acceptors (Lipinski definition) is 4. The third-order valence-electron chi connectivity index (χ3n) is 2.28. The average molecular weight is 253 g/mol. The largest absolute Gasteiger partial charge is 0.382 e. The molecule has 0 bridgehead atoms. The van der Waals surface area contributed by atoms with E-state index in [0.717, 1.165) is 0 Å². The second-order valence-corrected chi connectivity index (χ2v) is 3.79. The monoisotopic (exact) mass is 252 g/mol. The van der Waals surface area contributed by atoms with E-state index in [4.69, 9.17) is 22.6 Å². The number of amides is 1. The Balaban J connectivity index is 2.86. The highest BCUT2D eigenvalue weighted by molar-refractivity contribution is 6.33. The van der Waals surface area contributed by atoms with Gasteiger partial charge in [0.15, 0.2) is 0 Å². The van der Waals surface area contributed by atoms with E-state index in [1.165, 1.54) is 12.3 Å². The van der Waals surface area contributed by atoms with Gasteiger partial charge in [-0.1, -0.05) is 11.6 Å². The third kappa shape index (κ3) is 3.33. The maximum atomic E-state index is 12.0. The summed E-state index contributed by atoms with van der Waals surface area (Å²) in [6.07, 6.45) is 1.69. The SMILES string of the molecule is CCN(CCC#N)C(=O)c1cnc(N)c(Cl)c1. The number of nitrogens with two attached hydrogens (primary N) is 1. The number of halogens is 1. The number of aromatic nitrogens is 1. The van der Waals surface area contributed by atoms with Gasteiger partial charge in [-0.3, -0.25) is 4.79 Å². The highest BCUT2D eigenvalue weighted by Crippen LogP contribution is 2.17. The minimum atomic E-state index is -0.197. The molecule has 0 fully saturated rings. The highest BCUT2D eigenvalue weighted by atomic mass is 35.5. The van der Waals surface area contributed by atoms with Crippen molar-refractivity contribution < 1.29 is 4.79 Å². The number of carbonyl (C=O) groups is 1. The smallest absolute Gasteiger partial charge is 0.255 e. The molecule has 0 aliphatic rings. The van der Waals surface area contributed by atoms with Crippen LogP contribution in [-0.4, -0.2) is 28.9 Å². The Hall–Kier alpha value is -1.80. The van der Waals surface area contributed by atoms with Crippen molar-refractivity contribution in [1.82, 2.24) is 9.88 Å². The number of anilines is 1. The number of carbonyl (C=O) groups excluding carboxylic acids is 1. The van der Waals surface area contributed by atoms with Gasteiger partial charge in [0.25, 0.3) is 5.91 Å². The van der Waals surface area contributed by atoms with Crippen LogP contribution in [0.1, 0.15) is 23.7 Å². The van der Waals surface area contributed by atoms with Crippen molar-refractivity contribution >= 4 is 23.3 Å². The third-order valence-corrected chi connectivity index (χ3v) is 2.58. The zero-order valence-electron chi connectivity index (χ0n) is 9.48. The second-order valence-electron chi connectivity index (χ2n) is 3.38. The van der Waals surface area contributed by atoms with E-state index in [1.807, 2.05) is 13.0 Å². The summed E-state index contributed by atoms with van der Waals surface area (Å²) in [6.45, 7) is 2.78. The van der Waals surface area contributed by atoms with Crippen LogP contribution >= 0.6 is 11.6 Å². The van der Waals surface area contributed by atoms with Gasteiger partial charge < -0.3 is 10.6 Å². The lowest BCUT2D eigenvalue weighted by Gasteiger charge is -2.19. The first-order valence-corrected chi connectivity index (χ1v) is 5.55. The summed E-state index contributed by atoms with van der Waals surface area (Å²) in [5.74, 6) is 0.000407. The van der Waals surface area contributed by atoms with E-state index in [-0.39, 0.29) is 16.7 Å². The van der Waals surface area contributed by atoms with Crippen LogP contribution in [0.25, 0.3) is 0 Å². The van der Waals surface area contributed by atoms with E-state index in [1.54, 1.807) is 4.90 Å². The van der Waals surface area contributed by atoms with E-state index >= 15 is 0 Å². The molecule has 1 rings (SSSR count). The molecule has 0 aromatic carbocycles. The van der Waals surface area contributed by atoms with Gasteiger partial charge in [0.1, 0.15) is 5.82 Å². The minimum absolute atomic E-state index is 0.197. The summed E-state index contributed by atoms with van der Waals surface area (Å²) >= 11 is 5.80. The summed E-state index contributed by atoms with van der Waals surface area (Å²) in [5.41, 5.74) is 5.85. The maximum absolute atomic E-state index is 12.0. The minimum Gasteiger partial charge on any atom is -0.382 e.